The number of benzene rings is 2. The third-order valence-corrected chi connectivity index (χ3v) is 7.65. The average Bonchev–Trinajstić information content (AvgIpc) is 3.62. The Kier molecular flexibility index (Phi) is 24.3. The molecule has 1 heterocycles. The number of ketones is 2. The van der Waals surface area contributed by atoms with Crippen LogP contribution in [-0.4, -0.2) is 110 Å². The Labute approximate surface area is 319 Å². The summed E-state index contributed by atoms with van der Waals surface area (Å²) in [5.41, 5.74) is 1.70. The van der Waals surface area contributed by atoms with Gasteiger partial charge in [-0.1, -0.05) is 12.6 Å². The van der Waals surface area contributed by atoms with Gasteiger partial charge < -0.3 is 37.9 Å². The van der Waals surface area contributed by atoms with E-state index in [1.807, 2.05) is 30.3 Å². The Balaban J connectivity index is 0.000000488. The number of nitrogens with zero attached hydrogens (tertiary/aromatic N) is 1. The van der Waals surface area contributed by atoms with E-state index in [0.29, 0.717) is 69.1 Å². The number of carbonyl (C=O) groups excluding carboxylic acids is 4. The molecule has 1 fully saturated rings. The summed E-state index contributed by atoms with van der Waals surface area (Å²) in [7, 11) is 6.47. The number of rotatable bonds is 21. The monoisotopic (exact) mass is 758 g/mol. The minimum Gasteiger partial charge on any atom is -0.493 e. The Morgan fingerprint density at radius 1 is 0.796 bits per heavy atom. The van der Waals surface area contributed by atoms with Crippen LogP contribution in [0.2, 0.25) is 0 Å². The van der Waals surface area contributed by atoms with Crippen molar-refractivity contribution in [2.45, 2.75) is 59.0 Å². The van der Waals surface area contributed by atoms with Crippen LogP contribution in [0.3, 0.4) is 0 Å². The molecule has 2 aromatic carbocycles. The highest BCUT2D eigenvalue weighted by molar-refractivity contribution is 5.86. The molecule has 14 heteroatoms. The molecular formula is C40H58N2O12. The number of Topliss-reactive ketones (excluding diaryl/α,β-unsaturated/α-hetero) is 1. The number of nitrogens with one attached hydrogen (secondary N) is 1. The fraction of sp³-hybridized carbons (Fsp3) is 0.525. The number of hydrogen-bond donors (Lipinski definition) is 1. The van der Waals surface area contributed by atoms with Gasteiger partial charge in [-0.2, -0.15) is 0 Å². The number of esters is 2. The molecule has 1 N–H and O–H groups in total. The Morgan fingerprint density at radius 3 is 1.85 bits per heavy atom. The smallest absolute Gasteiger partial charge is 0.327 e. The first kappa shape index (κ1) is 47.2. The molecule has 3 unspecified atom stereocenters. The number of carbonyl (C=O) groups is 4. The predicted octanol–water partition coefficient (Wildman–Crippen LogP) is 5.14. The second kappa shape index (κ2) is 27.8. The van der Waals surface area contributed by atoms with E-state index in [9.17, 15) is 19.2 Å². The first-order valence-corrected chi connectivity index (χ1v) is 17.8. The molecule has 0 saturated carbocycles. The lowest BCUT2D eigenvalue weighted by molar-refractivity contribution is -0.145. The average molecular weight is 759 g/mol. The first-order chi connectivity index (χ1) is 26.0. The van der Waals surface area contributed by atoms with Crippen LogP contribution in [0.5, 0.6) is 23.0 Å². The maximum Gasteiger partial charge on any atom is 0.327 e. The molecule has 0 bridgehead atoms. The van der Waals surface area contributed by atoms with Crippen LogP contribution < -0.4 is 24.3 Å². The minimum absolute atomic E-state index is 0.00387. The third-order valence-electron chi connectivity index (χ3n) is 7.65. The summed E-state index contributed by atoms with van der Waals surface area (Å²) in [6, 6.07) is 10.3. The minimum atomic E-state index is -0.489. The maximum absolute atomic E-state index is 12.1. The SMILES string of the molecule is C=CC(C)=O.CCOC(=O)C1CC(C(C)=O)C(c2ccc(OC)c(OCCCOC)c2)N1.CCOC(=O)CN=Cc1ccc(OC)c(OCCCOC)c1. The van der Waals surface area contributed by atoms with E-state index in [1.54, 1.807) is 61.5 Å². The maximum atomic E-state index is 12.1. The van der Waals surface area contributed by atoms with Crippen LogP contribution in [0.15, 0.2) is 54.0 Å². The van der Waals surface area contributed by atoms with Crippen LogP contribution in [0.4, 0.5) is 0 Å². The Bertz CT molecular complexity index is 1480. The molecule has 3 rings (SSSR count). The summed E-state index contributed by atoms with van der Waals surface area (Å²) in [6.45, 7) is 12.7. The van der Waals surface area contributed by atoms with Crippen LogP contribution in [0.25, 0.3) is 0 Å². The van der Waals surface area contributed by atoms with Crippen molar-refractivity contribution in [3.63, 3.8) is 0 Å². The molecule has 0 spiro atoms. The zero-order valence-corrected chi connectivity index (χ0v) is 33.0. The van der Waals surface area contributed by atoms with Crippen molar-refractivity contribution < 1.29 is 57.1 Å². The van der Waals surface area contributed by atoms with E-state index in [2.05, 4.69) is 16.9 Å². The normalized spacial score (nSPS) is 15.8. The fourth-order valence-corrected chi connectivity index (χ4v) is 5.02. The fourth-order valence-electron chi connectivity index (χ4n) is 5.02. The summed E-state index contributed by atoms with van der Waals surface area (Å²) >= 11 is 0. The molecule has 1 saturated heterocycles. The van der Waals surface area contributed by atoms with Gasteiger partial charge in [-0.3, -0.25) is 29.5 Å². The summed E-state index contributed by atoms with van der Waals surface area (Å²) < 4.78 is 42.1. The Morgan fingerprint density at radius 2 is 1.35 bits per heavy atom. The van der Waals surface area contributed by atoms with E-state index in [1.165, 1.54) is 13.0 Å². The van der Waals surface area contributed by atoms with Gasteiger partial charge in [0.15, 0.2) is 28.8 Å². The van der Waals surface area contributed by atoms with Crippen molar-refractivity contribution in [2.24, 2.45) is 10.9 Å². The molecule has 0 radical (unpaired) electrons. The van der Waals surface area contributed by atoms with E-state index in [0.717, 1.165) is 24.0 Å². The summed E-state index contributed by atoms with van der Waals surface area (Å²) in [5, 5.41) is 3.25. The van der Waals surface area contributed by atoms with E-state index >= 15 is 0 Å². The summed E-state index contributed by atoms with van der Waals surface area (Å²) in [6.07, 6.45) is 4.86. The van der Waals surface area contributed by atoms with E-state index in [4.69, 9.17) is 37.9 Å². The predicted molar refractivity (Wildman–Crippen MR) is 205 cm³/mol. The van der Waals surface area contributed by atoms with Crippen LogP contribution in [0, 0.1) is 5.92 Å². The standard InChI is InChI=1S/C20H29NO6.C16H23NO5.C4H6O/c1-5-26-20(23)16-12-15(13(2)22)19(21-16)14-7-8-17(25-4)18(11-14)27-10-6-9-24-3;1-4-21-16(18)12-17-11-13-6-7-14(20-3)15(10-13)22-9-5-8-19-2;1-3-4(2)5/h7-8,11,15-16,19,21H,5-6,9-10,12H2,1-4H3;6-7,10-11H,4-5,8-9,12H2,1-3H3;3H,1H2,2H3. The highest BCUT2D eigenvalue weighted by Gasteiger charge is 2.41. The topological polar surface area (TPSA) is 167 Å². The van der Waals surface area contributed by atoms with Crippen LogP contribution in [-0.2, 0) is 38.1 Å². The molecule has 0 aliphatic carbocycles. The molecule has 0 aromatic heterocycles. The first-order valence-electron chi connectivity index (χ1n) is 17.8. The molecule has 2 aromatic rings. The second-order valence-corrected chi connectivity index (χ2v) is 11.7. The lowest BCUT2D eigenvalue weighted by atomic mass is 9.90. The highest BCUT2D eigenvalue weighted by atomic mass is 16.5. The van der Waals surface area contributed by atoms with Crippen molar-refractivity contribution in [1.82, 2.24) is 5.32 Å². The number of allylic oxidation sites excluding steroid dienone is 1. The zero-order chi connectivity index (χ0) is 40.3. The summed E-state index contributed by atoms with van der Waals surface area (Å²) in [4.78, 5) is 49.2. The van der Waals surface area contributed by atoms with Crippen molar-refractivity contribution in [3.05, 3.63) is 60.2 Å². The third kappa shape index (κ3) is 17.8. The van der Waals surface area contributed by atoms with Gasteiger partial charge in [-0.15, -0.1) is 0 Å². The van der Waals surface area contributed by atoms with Gasteiger partial charge in [-0.25, -0.2) is 0 Å². The van der Waals surface area contributed by atoms with Gasteiger partial charge in [0, 0.05) is 58.4 Å². The molecule has 54 heavy (non-hydrogen) atoms. The van der Waals surface area contributed by atoms with Gasteiger partial charge in [-0.05, 0) is 81.7 Å². The molecule has 0 amide bonds. The molecule has 3 atom stereocenters. The summed E-state index contributed by atoms with van der Waals surface area (Å²) in [5.74, 6) is 1.61. The number of aliphatic imine (C=N–C) groups is 1. The molecule has 14 nitrogen and oxygen atoms in total. The largest absolute Gasteiger partial charge is 0.493 e. The lowest BCUT2D eigenvalue weighted by Gasteiger charge is -2.20. The van der Waals surface area contributed by atoms with Gasteiger partial charge in [0.2, 0.25) is 0 Å². The molecule has 300 valence electrons. The molecular weight excluding hydrogens is 700 g/mol. The molecule has 1 aliphatic rings. The van der Waals surface area contributed by atoms with Crippen LogP contribution >= 0.6 is 0 Å². The van der Waals surface area contributed by atoms with E-state index in [-0.39, 0.29) is 42.0 Å². The van der Waals surface area contributed by atoms with E-state index < -0.39 is 6.04 Å². The number of ether oxygens (including phenoxy) is 8. The highest BCUT2D eigenvalue weighted by Crippen LogP contribution is 2.38. The van der Waals surface area contributed by atoms with Crippen molar-refractivity contribution >= 4 is 29.7 Å². The molecule has 1 aliphatic heterocycles. The number of methoxy groups -OCH3 is 4. The second-order valence-electron chi connectivity index (χ2n) is 11.7. The van der Waals surface area contributed by atoms with Gasteiger partial charge in [0.05, 0.1) is 40.6 Å². The Hall–Kier alpha value is -4.79. The van der Waals surface area contributed by atoms with Crippen molar-refractivity contribution in [1.29, 1.82) is 0 Å². The zero-order valence-electron chi connectivity index (χ0n) is 33.0. The quantitative estimate of drug-likeness (QED) is 0.0771. The van der Waals surface area contributed by atoms with Crippen molar-refractivity contribution in [3.8, 4) is 23.0 Å². The van der Waals surface area contributed by atoms with Gasteiger partial charge in [0.1, 0.15) is 18.4 Å². The van der Waals surface area contributed by atoms with Gasteiger partial charge in [0.25, 0.3) is 0 Å². The van der Waals surface area contributed by atoms with Crippen molar-refractivity contribution in [2.75, 3.05) is 74.6 Å². The lowest BCUT2D eigenvalue weighted by Crippen LogP contribution is -2.33. The van der Waals surface area contributed by atoms with Gasteiger partial charge >= 0.3 is 11.9 Å². The number of hydrogen-bond acceptors (Lipinski definition) is 14. The van der Waals surface area contributed by atoms with Crippen LogP contribution in [0.1, 0.15) is 64.1 Å².